The van der Waals surface area contributed by atoms with Crippen LogP contribution in [0.25, 0.3) is 0 Å². The van der Waals surface area contributed by atoms with Crippen molar-refractivity contribution in [3.63, 3.8) is 0 Å². The molecule has 2 rings (SSSR count). The van der Waals surface area contributed by atoms with Crippen LogP contribution in [0.5, 0.6) is 0 Å². The van der Waals surface area contributed by atoms with Gasteiger partial charge in [-0.25, -0.2) is 13.4 Å². The highest BCUT2D eigenvalue weighted by molar-refractivity contribution is 7.99. The second-order valence-corrected chi connectivity index (χ2v) is 11.0. The molecule has 11 heteroatoms. The molecule has 0 saturated carbocycles. The molecule has 1 aromatic heterocycles. The van der Waals surface area contributed by atoms with Gasteiger partial charge >= 0.3 is 6.18 Å². The molecule has 0 aliphatic heterocycles. The van der Waals surface area contributed by atoms with Crippen molar-refractivity contribution in [3.8, 4) is 0 Å². The van der Waals surface area contributed by atoms with E-state index in [1.165, 1.54) is 37.6 Å². The Kier molecular flexibility index (Phi) is 7.47. The maximum atomic E-state index is 12.9. The fourth-order valence-corrected chi connectivity index (χ4v) is 4.88. The first kappa shape index (κ1) is 24.5. The normalized spacial score (nSPS) is 12.6. The first-order valence-electron chi connectivity index (χ1n) is 8.68. The van der Waals surface area contributed by atoms with E-state index in [0.29, 0.717) is 23.0 Å². The molecule has 0 aliphatic rings. The van der Waals surface area contributed by atoms with Crippen LogP contribution in [0.2, 0.25) is 5.02 Å². The van der Waals surface area contributed by atoms with Crippen LogP contribution in [0.4, 0.5) is 13.2 Å². The number of carbonyl (C=O) groups excluding carboxylic acids is 1. The Morgan fingerprint density at radius 2 is 1.73 bits per heavy atom. The minimum atomic E-state index is -4.64. The van der Waals surface area contributed by atoms with E-state index < -0.39 is 37.3 Å². The molecular weight excluding hydrogens is 461 g/mol. The molecule has 5 nitrogen and oxygen atoms in total. The molecule has 0 atom stereocenters. The molecule has 0 spiro atoms. The molecule has 164 valence electrons. The Balaban J connectivity index is 2.09. The number of carbonyl (C=O) groups is 1. The van der Waals surface area contributed by atoms with E-state index in [9.17, 15) is 26.4 Å². The van der Waals surface area contributed by atoms with Crippen molar-refractivity contribution in [2.24, 2.45) is 0 Å². The predicted octanol–water partition coefficient (Wildman–Crippen LogP) is 4.56. The summed E-state index contributed by atoms with van der Waals surface area (Å²) in [6.45, 7) is 2.70. The predicted molar refractivity (Wildman–Crippen MR) is 110 cm³/mol. The van der Waals surface area contributed by atoms with Crippen molar-refractivity contribution in [3.05, 3.63) is 53.2 Å². The van der Waals surface area contributed by atoms with Gasteiger partial charge in [0.25, 0.3) is 0 Å². The molecule has 0 bridgehead atoms. The molecule has 0 saturated heterocycles. The van der Waals surface area contributed by atoms with Gasteiger partial charge in [-0.1, -0.05) is 11.6 Å². The number of alkyl halides is 3. The van der Waals surface area contributed by atoms with E-state index in [1.807, 2.05) is 12.1 Å². The number of rotatable bonds is 7. The van der Waals surface area contributed by atoms with Crippen LogP contribution in [0.1, 0.15) is 19.4 Å². The van der Waals surface area contributed by atoms with Gasteiger partial charge in [-0.15, -0.1) is 11.8 Å². The Morgan fingerprint density at radius 3 is 2.23 bits per heavy atom. The maximum Gasteiger partial charge on any atom is 0.417 e. The molecule has 1 aromatic carbocycles. The molecule has 0 aliphatic carbocycles. The highest BCUT2D eigenvalue weighted by Gasteiger charge is 2.45. The molecule has 0 fully saturated rings. The molecule has 0 radical (unpaired) electrons. The number of thioether (sulfide) groups is 1. The molecule has 0 N–H and O–H groups in total. The van der Waals surface area contributed by atoms with E-state index >= 15 is 0 Å². The van der Waals surface area contributed by atoms with Crippen molar-refractivity contribution in [1.29, 1.82) is 0 Å². The SMILES string of the molecule is CN(CCSc1ccc(Cl)cc1)C(=O)C(C)(C)S(=O)(=O)c1ccc(C(F)(F)F)cn1. The lowest BCUT2D eigenvalue weighted by molar-refractivity contribution is -0.138. The van der Waals surface area contributed by atoms with E-state index in [-0.39, 0.29) is 6.54 Å². The fourth-order valence-electron chi connectivity index (χ4n) is 2.48. The molecule has 2 aromatic rings. The number of nitrogens with zero attached hydrogens (tertiary/aromatic N) is 2. The summed E-state index contributed by atoms with van der Waals surface area (Å²) in [5.74, 6) is -0.167. The summed E-state index contributed by atoms with van der Waals surface area (Å²) in [4.78, 5) is 18.5. The summed E-state index contributed by atoms with van der Waals surface area (Å²) in [5, 5.41) is 0.0215. The summed E-state index contributed by atoms with van der Waals surface area (Å²) in [7, 11) is -2.84. The van der Waals surface area contributed by atoms with Gasteiger partial charge in [0.05, 0.1) is 5.56 Å². The van der Waals surface area contributed by atoms with Crippen molar-refractivity contribution >= 4 is 39.1 Å². The summed E-state index contributed by atoms with van der Waals surface area (Å²) in [6.07, 6.45) is -4.19. The van der Waals surface area contributed by atoms with Gasteiger partial charge in [-0.3, -0.25) is 4.79 Å². The van der Waals surface area contributed by atoms with Gasteiger partial charge in [0, 0.05) is 35.5 Å². The standard InChI is InChI=1S/C19H20ClF3N2O3S2/c1-18(2,30(27,28)16-9-4-13(12-24-16)19(21,22)23)17(26)25(3)10-11-29-15-7-5-14(20)6-8-15/h4-9,12H,10-11H2,1-3H3. The van der Waals surface area contributed by atoms with Crippen LogP contribution in [0.15, 0.2) is 52.5 Å². The third-order valence-corrected chi connectivity index (χ3v) is 7.94. The number of amides is 1. The second kappa shape index (κ2) is 9.15. The van der Waals surface area contributed by atoms with Gasteiger partial charge in [-0.05, 0) is 50.2 Å². The quantitative estimate of drug-likeness (QED) is 0.543. The number of hydrogen-bond donors (Lipinski definition) is 0. The summed E-state index contributed by atoms with van der Waals surface area (Å²) in [6, 6.07) is 8.55. The van der Waals surface area contributed by atoms with E-state index in [0.717, 1.165) is 11.0 Å². The molecule has 30 heavy (non-hydrogen) atoms. The zero-order valence-electron chi connectivity index (χ0n) is 16.4. The molecule has 0 unspecified atom stereocenters. The maximum absolute atomic E-state index is 12.9. The Bertz CT molecular complexity index is 993. The highest BCUT2D eigenvalue weighted by Crippen LogP contribution is 2.31. The van der Waals surface area contributed by atoms with Gasteiger partial charge in [0.1, 0.15) is 0 Å². The van der Waals surface area contributed by atoms with Gasteiger partial charge < -0.3 is 4.90 Å². The summed E-state index contributed by atoms with van der Waals surface area (Å²) < 4.78 is 61.9. The topological polar surface area (TPSA) is 67.3 Å². The lowest BCUT2D eigenvalue weighted by atomic mass is 10.2. The number of hydrogen-bond acceptors (Lipinski definition) is 5. The largest absolute Gasteiger partial charge is 0.417 e. The number of sulfone groups is 1. The van der Waals surface area contributed by atoms with Crippen LogP contribution < -0.4 is 0 Å². The number of halogens is 4. The van der Waals surface area contributed by atoms with Crippen LogP contribution in [0.3, 0.4) is 0 Å². The van der Waals surface area contributed by atoms with Crippen LogP contribution in [-0.2, 0) is 20.8 Å². The molecule has 1 heterocycles. The fraction of sp³-hybridized carbons (Fsp3) is 0.368. The van der Waals surface area contributed by atoms with E-state index in [2.05, 4.69) is 4.98 Å². The van der Waals surface area contributed by atoms with Gasteiger partial charge in [-0.2, -0.15) is 13.2 Å². The lowest BCUT2D eigenvalue weighted by Crippen LogP contribution is -2.49. The molecule has 1 amide bonds. The number of pyridine rings is 1. The smallest absolute Gasteiger partial charge is 0.344 e. The summed E-state index contributed by atoms with van der Waals surface area (Å²) >= 11 is 7.30. The Hall–Kier alpha value is -1.78. The monoisotopic (exact) mass is 480 g/mol. The van der Waals surface area contributed by atoms with E-state index in [4.69, 9.17) is 11.6 Å². The van der Waals surface area contributed by atoms with E-state index in [1.54, 1.807) is 12.1 Å². The third kappa shape index (κ3) is 5.47. The second-order valence-electron chi connectivity index (χ2n) is 6.93. The van der Waals surface area contributed by atoms with Gasteiger partial charge in [0.2, 0.25) is 15.7 Å². The van der Waals surface area contributed by atoms with Crippen molar-refractivity contribution in [1.82, 2.24) is 9.88 Å². The highest BCUT2D eigenvalue weighted by atomic mass is 35.5. The number of aromatic nitrogens is 1. The lowest BCUT2D eigenvalue weighted by Gasteiger charge is -2.28. The van der Waals surface area contributed by atoms with Crippen LogP contribution >= 0.6 is 23.4 Å². The Morgan fingerprint density at radius 1 is 1.13 bits per heavy atom. The number of benzene rings is 1. The molecular formula is C19H20ClF3N2O3S2. The van der Waals surface area contributed by atoms with Crippen LogP contribution in [-0.4, -0.2) is 48.3 Å². The summed E-state index contributed by atoms with van der Waals surface area (Å²) in [5.41, 5.74) is -1.07. The van der Waals surface area contributed by atoms with Crippen molar-refractivity contribution in [2.75, 3.05) is 19.3 Å². The zero-order chi connectivity index (χ0) is 22.7. The minimum absolute atomic E-state index is 0.269. The van der Waals surface area contributed by atoms with Crippen LogP contribution in [0, 0.1) is 0 Å². The first-order chi connectivity index (χ1) is 13.8. The first-order valence-corrected chi connectivity index (χ1v) is 11.5. The third-order valence-electron chi connectivity index (χ3n) is 4.38. The van der Waals surface area contributed by atoms with Crippen molar-refractivity contribution in [2.45, 2.75) is 34.7 Å². The van der Waals surface area contributed by atoms with Crippen molar-refractivity contribution < 1.29 is 26.4 Å². The average Bonchev–Trinajstić information content (AvgIpc) is 2.68. The van der Waals surface area contributed by atoms with Gasteiger partial charge in [0.15, 0.2) is 9.77 Å². The average molecular weight is 481 g/mol. The zero-order valence-corrected chi connectivity index (χ0v) is 18.8. The Labute approximate surface area is 182 Å². The minimum Gasteiger partial charge on any atom is -0.344 e.